The minimum atomic E-state index is 0. The zero-order valence-electron chi connectivity index (χ0n) is 9.00. The van der Waals surface area contributed by atoms with Crippen LogP contribution < -0.4 is 5.32 Å². The van der Waals surface area contributed by atoms with E-state index < -0.39 is 0 Å². The Hall–Kier alpha value is -1.04. The summed E-state index contributed by atoms with van der Waals surface area (Å²) in [4.78, 5) is 0. The van der Waals surface area contributed by atoms with Gasteiger partial charge in [0, 0.05) is 18.5 Å². The van der Waals surface area contributed by atoms with Crippen LogP contribution in [-0.2, 0) is 12.0 Å². The summed E-state index contributed by atoms with van der Waals surface area (Å²) in [7, 11) is 0. The quantitative estimate of drug-likeness (QED) is 0.732. The van der Waals surface area contributed by atoms with Crippen LogP contribution in [0.25, 0.3) is 0 Å². The van der Waals surface area contributed by atoms with Crippen molar-refractivity contribution in [2.75, 3.05) is 6.54 Å². The highest BCUT2D eigenvalue weighted by Gasteiger charge is 2.26. The molecule has 1 N–H and O–H groups in total. The van der Waals surface area contributed by atoms with Crippen LogP contribution in [0, 0.1) is 11.3 Å². The van der Waals surface area contributed by atoms with Crippen molar-refractivity contribution in [1.29, 1.82) is 5.26 Å². The van der Waals surface area contributed by atoms with Gasteiger partial charge in [0.25, 0.3) is 0 Å². The molecular weight excluding hydrogens is 208 g/mol. The molecule has 1 aliphatic heterocycles. The van der Waals surface area contributed by atoms with Gasteiger partial charge in [0.15, 0.2) is 0 Å². The molecule has 80 valence electrons. The molecule has 0 spiro atoms. The van der Waals surface area contributed by atoms with Crippen molar-refractivity contribution in [1.82, 2.24) is 5.32 Å². The number of nitriles is 1. The first-order chi connectivity index (χ1) is 6.63. The molecule has 0 atom stereocenters. The summed E-state index contributed by atoms with van der Waals surface area (Å²) in [6, 6.07) is 8.17. The molecule has 0 saturated heterocycles. The third kappa shape index (κ3) is 2.14. The van der Waals surface area contributed by atoms with E-state index in [-0.39, 0.29) is 17.8 Å². The first-order valence-corrected chi connectivity index (χ1v) is 4.88. The Bertz CT molecular complexity index is 405. The maximum Gasteiger partial charge on any atom is 0.0991 e. The summed E-state index contributed by atoms with van der Waals surface area (Å²) >= 11 is 0. The van der Waals surface area contributed by atoms with Crippen molar-refractivity contribution in [2.45, 2.75) is 25.8 Å². The number of rotatable bonds is 0. The minimum absolute atomic E-state index is 0. The average Bonchev–Trinajstić information content (AvgIpc) is 2.17. The van der Waals surface area contributed by atoms with Crippen molar-refractivity contribution in [3.8, 4) is 6.07 Å². The van der Waals surface area contributed by atoms with E-state index >= 15 is 0 Å². The van der Waals surface area contributed by atoms with E-state index in [4.69, 9.17) is 5.26 Å². The molecule has 0 bridgehead atoms. The monoisotopic (exact) mass is 222 g/mol. The van der Waals surface area contributed by atoms with E-state index in [0.29, 0.717) is 0 Å². The lowest BCUT2D eigenvalue weighted by atomic mass is 9.78. The van der Waals surface area contributed by atoms with Gasteiger partial charge in [0.05, 0.1) is 11.6 Å². The van der Waals surface area contributed by atoms with E-state index in [0.717, 1.165) is 18.7 Å². The number of benzene rings is 1. The van der Waals surface area contributed by atoms with Crippen LogP contribution in [-0.4, -0.2) is 6.54 Å². The molecule has 3 heteroatoms. The summed E-state index contributed by atoms with van der Waals surface area (Å²) in [5.74, 6) is 0. The second kappa shape index (κ2) is 4.22. The molecule has 1 aromatic carbocycles. The van der Waals surface area contributed by atoms with Gasteiger partial charge < -0.3 is 5.32 Å². The van der Waals surface area contributed by atoms with Crippen molar-refractivity contribution in [2.24, 2.45) is 0 Å². The number of hydrogen-bond donors (Lipinski definition) is 1. The van der Waals surface area contributed by atoms with Crippen LogP contribution in [0.15, 0.2) is 18.2 Å². The van der Waals surface area contributed by atoms with E-state index in [1.54, 1.807) is 0 Å². The van der Waals surface area contributed by atoms with Crippen LogP contribution in [0.3, 0.4) is 0 Å². The Morgan fingerprint density at radius 2 is 2.13 bits per heavy atom. The zero-order valence-corrected chi connectivity index (χ0v) is 9.82. The standard InChI is InChI=1S/C12H14N2.ClH/c1-12(2)8-14-7-10-4-3-9(6-13)5-11(10)12;/h3-5,14H,7-8H2,1-2H3;1H. The maximum atomic E-state index is 8.84. The second-order valence-electron chi connectivity index (χ2n) is 4.47. The molecule has 1 aromatic rings. The highest BCUT2D eigenvalue weighted by Crippen LogP contribution is 2.29. The fraction of sp³-hybridized carbons (Fsp3) is 0.417. The fourth-order valence-electron chi connectivity index (χ4n) is 2.04. The second-order valence-corrected chi connectivity index (χ2v) is 4.47. The van der Waals surface area contributed by atoms with Gasteiger partial charge in [0.2, 0.25) is 0 Å². The average molecular weight is 223 g/mol. The Kier molecular flexibility index (Phi) is 3.38. The van der Waals surface area contributed by atoms with Crippen molar-refractivity contribution < 1.29 is 0 Å². The van der Waals surface area contributed by atoms with Gasteiger partial charge in [0.1, 0.15) is 0 Å². The van der Waals surface area contributed by atoms with Crippen molar-refractivity contribution >= 4 is 12.4 Å². The molecule has 2 nitrogen and oxygen atoms in total. The number of fused-ring (bicyclic) bond motifs is 1. The molecule has 2 rings (SSSR count). The molecule has 0 radical (unpaired) electrons. The van der Waals surface area contributed by atoms with E-state index in [9.17, 15) is 0 Å². The van der Waals surface area contributed by atoms with Gasteiger partial charge in [-0.3, -0.25) is 0 Å². The largest absolute Gasteiger partial charge is 0.312 e. The lowest BCUT2D eigenvalue weighted by molar-refractivity contribution is 0.435. The molecule has 0 unspecified atom stereocenters. The summed E-state index contributed by atoms with van der Waals surface area (Å²) in [6.45, 7) is 6.32. The fourth-order valence-corrected chi connectivity index (χ4v) is 2.04. The predicted octanol–water partition coefficient (Wildman–Crippen LogP) is 2.36. The highest BCUT2D eigenvalue weighted by molar-refractivity contribution is 5.85. The Labute approximate surface area is 96.7 Å². The molecule has 0 aliphatic carbocycles. The molecule has 0 fully saturated rings. The molecular formula is C12H15ClN2. The summed E-state index contributed by atoms with van der Waals surface area (Å²) < 4.78 is 0. The SMILES string of the molecule is CC1(C)CNCc2ccc(C#N)cc21.Cl. The van der Waals surface area contributed by atoms with Gasteiger partial charge in [-0.15, -0.1) is 12.4 Å². The molecule has 1 aliphatic rings. The minimum Gasteiger partial charge on any atom is -0.312 e. The number of hydrogen-bond acceptors (Lipinski definition) is 2. The topological polar surface area (TPSA) is 35.8 Å². The highest BCUT2D eigenvalue weighted by atomic mass is 35.5. The van der Waals surface area contributed by atoms with Crippen molar-refractivity contribution in [3.05, 3.63) is 34.9 Å². The first-order valence-electron chi connectivity index (χ1n) is 4.88. The maximum absolute atomic E-state index is 8.84. The van der Waals surface area contributed by atoms with Crippen LogP contribution in [0.4, 0.5) is 0 Å². The van der Waals surface area contributed by atoms with Crippen LogP contribution >= 0.6 is 12.4 Å². The number of halogens is 1. The zero-order chi connectivity index (χ0) is 10.2. The van der Waals surface area contributed by atoms with Gasteiger partial charge in [-0.2, -0.15) is 5.26 Å². The van der Waals surface area contributed by atoms with Gasteiger partial charge in [-0.25, -0.2) is 0 Å². The normalized spacial score (nSPS) is 17.1. The number of nitrogens with one attached hydrogen (secondary N) is 1. The molecule has 0 saturated carbocycles. The van der Waals surface area contributed by atoms with E-state index in [2.05, 4.69) is 31.3 Å². The lowest BCUT2D eigenvalue weighted by Gasteiger charge is -2.33. The number of nitrogens with zero attached hydrogens (tertiary/aromatic N) is 1. The molecule has 0 aromatic heterocycles. The van der Waals surface area contributed by atoms with Gasteiger partial charge in [-0.1, -0.05) is 19.9 Å². The Morgan fingerprint density at radius 3 is 2.80 bits per heavy atom. The molecule has 0 amide bonds. The lowest BCUT2D eigenvalue weighted by Crippen LogP contribution is -2.38. The van der Waals surface area contributed by atoms with Crippen LogP contribution in [0.5, 0.6) is 0 Å². The third-order valence-corrected chi connectivity index (χ3v) is 2.85. The Morgan fingerprint density at radius 1 is 1.40 bits per heavy atom. The summed E-state index contributed by atoms with van der Waals surface area (Å²) in [5, 5.41) is 12.2. The van der Waals surface area contributed by atoms with Crippen LogP contribution in [0.1, 0.15) is 30.5 Å². The summed E-state index contributed by atoms with van der Waals surface area (Å²) in [6.07, 6.45) is 0. The van der Waals surface area contributed by atoms with E-state index in [1.807, 2.05) is 12.1 Å². The molecule has 1 heterocycles. The first kappa shape index (κ1) is 12.0. The summed E-state index contributed by atoms with van der Waals surface area (Å²) in [5.41, 5.74) is 3.54. The van der Waals surface area contributed by atoms with Gasteiger partial charge in [-0.05, 0) is 23.3 Å². The van der Waals surface area contributed by atoms with Gasteiger partial charge >= 0.3 is 0 Å². The predicted molar refractivity (Wildman–Crippen MR) is 63.1 cm³/mol. The third-order valence-electron chi connectivity index (χ3n) is 2.85. The molecule has 15 heavy (non-hydrogen) atoms. The van der Waals surface area contributed by atoms with Crippen molar-refractivity contribution in [3.63, 3.8) is 0 Å². The van der Waals surface area contributed by atoms with E-state index in [1.165, 1.54) is 11.1 Å². The van der Waals surface area contributed by atoms with Crippen LogP contribution in [0.2, 0.25) is 0 Å². The smallest absolute Gasteiger partial charge is 0.0991 e. The Balaban J connectivity index is 0.00000112.